The highest BCUT2D eigenvalue weighted by Crippen LogP contribution is 2.02. The highest BCUT2D eigenvalue weighted by molar-refractivity contribution is 5.82. The van der Waals surface area contributed by atoms with Crippen LogP contribution in [0.1, 0.15) is 11.1 Å². The summed E-state index contributed by atoms with van der Waals surface area (Å²) >= 11 is 0. The van der Waals surface area contributed by atoms with E-state index in [4.69, 9.17) is 5.73 Å². The van der Waals surface area contributed by atoms with Gasteiger partial charge < -0.3 is 5.73 Å². The van der Waals surface area contributed by atoms with Gasteiger partial charge in [0.2, 0.25) is 0 Å². The number of hydrogen-bond donors (Lipinski definition) is 2. The van der Waals surface area contributed by atoms with Crippen molar-refractivity contribution in [3.63, 3.8) is 0 Å². The zero-order valence-corrected chi connectivity index (χ0v) is 7.32. The number of aryl methyl sites for hydroxylation is 1. The van der Waals surface area contributed by atoms with Crippen LogP contribution in [0, 0.1) is 6.92 Å². The number of amides is 2. The maximum absolute atomic E-state index is 10.3. The standard InChI is InChI=1S/C9H11N3O/c1-7-4-2-3-5-8(7)6-11-12-9(10)13/h2-6H,1H3,(H3,10,12,13)/b11-6-. The Kier molecular flexibility index (Phi) is 3.03. The molecular formula is C9H11N3O. The van der Waals surface area contributed by atoms with Gasteiger partial charge in [-0.1, -0.05) is 24.3 Å². The van der Waals surface area contributed by atoms with Gasteiger partial charge in [-0.25, -0.2) is 10.2 Å². The third-order valence-electron chi connectivity index (χ3n) is 1.57. The Hall–Kier alpha value is -1.84. The molecule has 0 aliphatic heterocycles. The number of nitrogens with one attached hydrogen (secondary N) is 1. The minimum absolute atomic E-state index is 0.662. The minimum Gasteiger partial charge on any atom is -0.350 e. The third-order valence-corrected chi connectivity index (χ3v) is 1.57. The van der Waals surface area contributed by atoms with E-state index < -0.39 is 6.03 Å². The molecule has 2 amide bonds. The fraction of sp³-hybridized carbons (Fsp3) is 0.111. The molecule has 0 bridgehead atoms. The van der Waals surface area contributed by atoms with Crippen molar-refractivity contribution in [2.45, 2.75) is 6.92 Å². The van der Waals surface area contributed by atoms with Gasteiger partial charge in [-0.2, -0.15) is 5.10 Å². The van der Waals surface area contributed by atoms with Crippen molar-refractivity contribution < 1.29 is 4.79 Å². The fourth-order valence-electron chi connectivity index (χ4n) is 0.897. The Bertz CT molecular complexity index is 333. The second-order valence-electron chi connectivity index (χ2n) is 2.59. The Labute approximate surface area is 76.4 Å². The number of nitrogens with two attached hydrogens (primary N) is 1. The molecule has 0 atom stereocenters. The zero-order chi connectivity index (χ0) is 9.68. The van der Waals surface area contributed by atoms with Crippen LogP contribution in [-0.2, 0) is 0 Å². The van der Waals surface area contributed by atoms with Crippen LogP contribution in [0.4, 0.5) is 4.79 Å². The second-order valence-corrected chi connectivity index (χ2v) is 2.59. The molecule has 1 aromatic carbocycles. The first kappa shape index (κ1) is 9.25. The van der Waals surface area contributed by atoms with Crippen LogP contribution in [0.5, 0.6) is 0 Å². The van der Waals surface area contributed by atoms with E-state index in [1.54, 1.807) is 6.21 Å². The summed E-state index contributed by atoms with van der Waals surface area (Å²) in [5.74, 6) is 0. The van der Waals surface area contributed by atoms with Gasteiger partial charge >= 0.3 is 6.03 Å². The van der Waals surface area contributed by atoms with Gasteiger partial charge in [0.05, 0.1) is 6.21 Å². The Morgan fingerprint density at radius 3 is 2.85 bits per heavy atom. The summed E-state index contributed by atoms with van der Waals surface area (Å²) in [5.41, 5.74) is 9.01. The monoisotopic (exact) mass is 177 g/mol. The van der Waals surface area contributed by atoms with Crippen molar-refractivity contribution in [3.8, 4) is 0 Å². The zero-order valence-electron chi connectivity index (χ0n) is 7.32. The Morgan fingerprint density at radius 1 is 1.54 bits per heavy atom. The first-order valence-electron chi connectivity index (χ1n) is 3.84. The largest absolute Gasteiger partial charge is 0.350 e. The lowest BCUT2D eigenvalue weighted by Crippen LogP contribution is -2.24. The lowest BCUT2D eigenvalue weighted by molar-refractivity contribution is 0.249. The van der Waals surface area contributed by atoms with Crippen LogP contribution < -0.4 is 11.2 Å². The van der Waals surface area contributed by atoms with Crippen molar-refractivity contribution in [2.75, 3.05) is 0 Å². The number of urea groups is 1. The van der Waals surface area contributed by atoms with E-state index in [0.29, 0.717) is 0 Å². The van der Waals surface area contributed by atoms with E-state index in [-0.39, 0.29) is 0 Å². The van der Waals surface area contributed by atoms with Gasteiger partial charge in [0.15, 0.2) is 0 Å². The van der Waals surface area contributed by atoms with Crippen molar-refractivity contribution in [3.05, 3.63) is 35.4 Å². The summed E-state index contributed by atoms with van der Waals surface area (Å²) in [7, 11) is 0. The van der Waals surface area contributed by atoms with Crippen molar-refractivity contribution in [2.24, 2.45) is 10.8 Å². The van der Waals surface area contributed by atoms with Crippen molar-refractivity contribution in [1.29, 1.82) is 0 Å². The number of hydrogen-bond acceptors (Lipinski definition) is 2. The molecule has 0 fully saturated rings. The van der Waals surface area contributed by atoms with Gasteiger partial charge in [-0.05, 0) is 18.1 Å². The molecule has 13 heavy (non-hydrogen) atoms. The van der Waals surface area contributed by atoms with Gasteiger partial charge in [-0.3, -0.25) is 0 Å². The van der Waals surface area contributed by atoms with Crippen LogP contribution >= 0.6 is 0 Å². The lowest BCUT2D eigenvalue weighted by atomic mass is 10.1. The number of carbonyl (C=O) groups excluding carboxylic acids is 1. The molecule has 0 radical (unpaired) electrons. The molecule has 4 heteroatoms. The molecule has 0 saturated heterocycles. The summed E-state index contributed by atoms with van der Waals surface area (Å²) in [6.07, 6.45) is 1.56. The average Bonchev–Trinajstić information content (AvgIpc) is 2.08. The smallest absolute Gasteiger partial charge is 0.332 e. The van der Waals surface area contributed by atoms with Crippen molar-refractivity contribution >= 4 is 12.2 Å². The molecule has 0 spiro atoms. The van der Waals surface area contributed by atoms with Gasteiger partial charge in [0, 0.05) is 0 Å². The maximum atomic E-state index is 10.3. The van der Waals surface area contributed by atoms with E-state index in [1.807, 2.05) is 31.2 Å². The summed E-state index contributed by atoms with van der Waals surface area (Å²) in [6, 6.07) is 7.05. The first-order valence-corrected chi connectivity index (χ1v) is 3.84. The summed E-state index contributed by atoms with van der Waals surface area (Å²) in [6.45, 7) is 1.96. The molecule has 3 N–H and O–H groups in total. The molecule has 0 aromatic heterocycles. The summed E-state index contributed by atoms with van der Waals surface area (Å²) in [5, 5.41) is 3.65. The van der Waals surface area contributed by atoms with E-state index in [0.717, 1.165) is 11.1 Å². The predicted octanol–water partition coefficient (Wildman–Crippen LogP) is 0.997. The van der Waals surface area contributed by atoms with Crippen LogP contribution in [0.25, 0.3) is 0 Å². The molecule has 4 nitrogen and oxygen atoms in total. The normalized spacial score (nSPS) is 10.2. The maximum Gasteiger partial charge on any atom is 0.332 e. The van der Waals surface area contributed by atoms with Gasteiger partial charge in [0.25, 0.3) is 0 Å². The van der Waals surface area contributed by atoms with E-state index in [1.165, 1.54) is 0 Å². The average molecular weight is 177 g/mol. The highest BCUT2D eigenvalue weighted by atomic mass is 16.2. The van der Waals surface area contributed by atoms with Crippen LogP contribution in [0.15, 0.2) is 29.4 Å². The SMILES string of the molecule is Cc1ccccc1/C=N\NC(N)=O. The molecule has 0 aliphatic carbocycles. The quantitative estimate of drug-likeness (QED) is 0.513. The molecule has 0 unspecified atom stereocenters. The predicted molar refractivity (Wildman–Crippen MR) is 51.5 cm³/mol. The van der Waals surface area contributed by atoms with Crippen LogP contribution in [-0.4, -0.2) is 12.2 Å². The van der Waals surface area contributed by atoms with E-state index in [2.05, 4.69) is 10.5 Å². The van der Waals surface area contributed by atoms with Gasteiger partial charge in [0.1, 0.15) is 0 Å². The summed E-state index contributed by atoms with van der Waals surface area (Å²) < 4.78 is 0. The second kappa shape index (κ2) is 4.25. The minimum atomic E-state index is -0.662. The van der Waals surface area contributed by atoms with E-state index >= 15 is 0 Å². The fourth-order valence-corrected chi connectivity index (χ4v) is 0.897. The van der Waals surface area contributed by atoms with Crippen LogP contribution in [0.2, 0.25) is 0 Å². The number of rotatable bonds is 2. The Balaban J connectivity index is 2.68. The molecule has 1 rings (SSSR count). The molecule has 0 aliphatic rings. The van der Waals surface area contributed by atoms with Gasteiger partial charge in [-0.15, -0.1) is 0 Å². The number of benzene rings is 1. The molecular weight excluding hydrogens is 166 g/mol. The topological polar surface area (TPSA) is 67.5 Å². The lowest BCUT2D eigenvalue weighted by Gasteiger charge is -1.97. The number of hydrazone groups is 1. The Morgan fingerprint density at radius 2 is 2.23 bits per heavy atom. The first-order chi connectivity index (χ1) is 6.20. The highest BCUT2D eigenvalue weighted by Gasteiger charge is 1.91. The molecule has 68 valence electrons. The molecule has 1 aromatic rings. The van der Waals surface area contributed by atoms with Crippen molar-refractivity contribution in [1.82, 2.24) is 5.43 Å². The number of nitrogens with zero attached hydrogens (tertiary/aromatic N) is 1. The summed E-state index contributed by atoms with van der Waals surface area (Å²) in [4.78, 5) is 10.3. The molecule has 0 heterocycles. The number of carbonyl (C=O) groups is 1. The van der Waals surface area contributed by atoms with E-state index in [9.17, 15) is 4.79 Å². The molecule has 0 saturated carbocycles. The third kappa shape index (κ3) is 2.94. The van der Waals surface area contributed by atoms with Crippen LogP contribution in [0.3, 0.4) is 0 Å². The number of primary amides is 1.